The Labute approximate surface area is 159 Å². The van der Waals surface area contributed by atoms with E-state index in [0.717, 1.165) is 15.9 Å². The smallest absolute Gasteiger partial charge is 0.106 e. The molecule has 0 aliphatic carbocycles. The molecule has 0 radical (unpaired) electrons. The van der Waals surface area contributed by atoms with Crippen molar-refractivity contribution in [2.24, 2.45) is 7.05 Å². The molecule has 130 valence electrons. The fraction of sp³-hybridized carbons (Fsp3) is 0.200. The van der Waals surface area contributed by atoms with Crippen LogP contribution in [0, 0.1) is 18.3 Å². The maximum atomic E-state index is 8.29. The number of nitrogens with zero attached hydrogens (tertiary/aromatic N) is 3. The second kappa shape index (κ2) is 11.4. The van der Waals surface area contributed by atoms with Gasteiger partial charge in [0.2, 0.25) is 0 Å². The summed E-state index contributed by atoms with van der Waals surface area (Å²) < 4.78 is 2.07. The van der Waals surface area contributed by atoms with Gasteiger partial charge in [0.05, 0.1) is 22.9 Å². The van der Waals surface area contributed by atoms with E-state index >= 15 is 0 Å². The molecule has 0 atom stereocenters. The maximum Gasteiger partial charge on any atom is 0.106 e. The molecule has 0 saturated carbocycles. The summed E-state index contributed by atoms with van der Waals surface area (Å²) in [4.78, 5) is 5.41. The molecule has 1 heterocycles. The first-order chi connectivity index (χ1) is 12.1. The van der Waals surface area contributed by atoms with E-state index in [1.54, 1.807) is 23.9 Å². The second-order valence-corrected chi connectivity index (χ2v) is 6.27. The number of aromatic nitrogens is 2. The largest absolute Gasteiger partial charge is 0.326 e. The molecule has 0 N–H and O–H groups in total. The molecular formula is C20H22ClN3S. The summed E-state index contributed by atoms with van der Waals surface area (Å²) in [5.74, 6) is 1.02. The van der Waals surface area contributed by atoms with Crippen LogP contribution >= 0.6 is 23.4 Å². The fourth-order valence-electron chi connectivity index (χ4n) is 1.71. The first-order valence-electron chi connectivity index (χ1n) is 7.97. The lowest BCUT2D eigenvalue weighted by Gasteiger charge is -2.03. The summed E-state index contributed by atoms with van der Waals surface area (Å²) in [6.45, 7) is 5.99. The number of aryl methyl sites for hydroxylation is 1. The lowest BCUT2D eigenvalue weighted by atomic mass is 10.2. The van der Waals surface area contributed by atoms with Gasteiger partial charge in [0, 0.05) is 17.0 Å². The Hall–Kier alpha value is -2.22. The fourth-order valence-corrected chi connectivity index (χ4v) is 2.73. The van der Waals surface area contributed by atoms with Crippen molar-refractivity contribution in [3.05, 3.63) is 77.2 Å². The van der Waals surface area contributed by atoms with E-state index in [1.165, 1.54) is 4.90 Å². The molecule has 0 bridgehead atoms. The summed E-state index contributed by atoms with van der Waals surface area (Å²) in [5.41, 5.74) is 0.715. The standard InChI is InChI=1S/C11H11ClN2S.C7H5N.C2H6/c1-8-13-7-11(14(8)2)15-10-5-3-9(12)4-6-10;8-6-7-4-2-1-3-5-7;1-2/h3-7H,1-2H3;1-5H;1-2H3. The molecule has 0 fully saturated rings. The van der Waals surface area contributed by atoms with Crippen molar-refractivity contribution in [1.82, 2.24) is 9.55 Å². The van der Waals surface area contributed by atoms with Crippen molar-refractivity contribution in [1.29, 1.82) is 5.26 Å². The average Bonchev–Trinajstić information content (AvgIpc) is 2.98. The molecule has 0 unspecified atom stereocenters. The molecule has 5 heteroatoms. The van der Waals surface area contributed by atoms with E-state index < -0.39 is 0 Å². The lowest BCUT2D eigenvalue weighted by Crippen LogP contribution is -1.92. The maximum absolute atomic E-state index is 8.29. The zero-order chi connectivity index (χ0) is 18.7. The van der Waals surface area contributed by atoms with E-state index in [-0.39, 0.29) is 0 Å². The van der Waals surface area contributed by atoms with Crippen LogP contribution in [-0.4, -0.2) is 9.55 Å². The number of rotatable bonds is 2. The van der Waals surface area contributed by atoms with E-state index in [0.29, 0.717) is 5.56 Å². The van der Waals surface area contributed by atoms with Gasteiger partial charge in [0.25, 0.3) is 0 Å². The predicted molar refractivity (Wildman–Crippen MR) is 106 cm³/mol. The zero-order valence-corrected chi connectivity index (χ0v) is 16.5. The van der Waals surface area contributed by atoms with Gasteiger partial charge < -0.3 is 4.57 Å². The number of benzene rings is 2. The summed E-state index contributed by atoms with van der Waals surface area (Å²) >= 11 is 7.51. The normalized spacial score (nSPS) is 9.12. The summed E-state index contributed by atoms with van der Waals surface area (Å²) in [6, 6.07) is 19.0. The summed E-state index contributed by atoms with van der Waals surface area (Å²) in [7, 11) is 2.01. The van der Waals surface area contributed by atoms with Gasteiger partial charge in [0.1, 0.15) is 5.82 Å². The Morgan fingerprint density at radius 1 is 1.04 bits per heavy atom. The van der Waals surface area contributed by atoms with Gasteiger partial charge in [-0.15, -0.1) is 0 Å². The highest BCUT2D eigenvalue weighted by molar-refractivity contribution is 7.99. The SMILES string of the molecule is CC.Cc1ncc(Sc2ccc(Cl)cc2)n1C.N#Cc1ccccc1. The van der Waals surface area contributed by atoms with Gasteiger partial charge in [-0.2, -0.15) is 5.26 Å². The molecule has 0 saturated heterocycles. The Bertz CT molecular complexity index is 790. The number of imidazole rings is 1. The minimum atomic E-state index is 0.715. The minimum Gasteiger partial charge on any atom is -0.326 e. The molecule has 3 rings (SSSR count). The third kappa shape index (κ3) is 7.04. The van der Waals surface area contributed by atoms with Crippen LogP contribution in [0.25, 0.3) is 0 Å². The number of nitriles is 1. The molecule has 3 aromatic rings. The van der Waals surface area contributed by atoms with Gasteiger partial charge in [-0.25, -0.2) is 4.98 Å². The molecule has 0 amide bonds. The molecule has 0 spiro atoms. The summed E-state index contributed by atoms with van der Waals surface area (Å²) in [5, 5.41) is 10.2. The van der Waals surface area contributed by atoms with Gasteiger partial charge >= 0.3 is 0 Å². The van der Waals surface area contributed by atoms with Gasteiger partial charge in [0.15, 0.2) is 0 Å². The van der Waals surface area contributed by atoms with Crippen LogP contribution < -0.4 is 0 Å². The van der Waals surface area contributed by atoms with Crippen LogP contribution in [0.4, 0.5) is 0 Å². The highest BCUT2D eigenvalue weighted by Gasteiger charge is 2.04. The van der Waals surface area contributed by atoms with Crippen molar-refractivity contribution in [2.75, 3.05) is 0 Å². The summed E-state index contributed by atoms with van der Waals surface area (Å²) in [6.07, 6.45) is 1.88. The quantitative estimate of drug-likeness (QED) is 0.545. The minimum absolute atomic E-state index is 0.715. The monoisotopic (exact) mass is 371 g/mol. The Kier molecular flexibility index (Phi) is 9.46. The first kappa shape index (κ1) is 20.8. The van der Waals surface area contributed by atoms with Crippen LogP contribution in [0.15, 0.2) is 70.7 Å². The molecule has 25 heavy (non-hydrogen) atoms. The van der Waals surface area contributed by atoms with Crippen molar-refractivity contribution < 1.29 is 0 Å². The van der Waals surface area contributed by atoms with Crippen LogP contribution in [0.5, 0.6) is 0 Å². The van der Waals surface area contributed by atoms with Crippen LogP contribution in [0.1, 0.15) is 25.2 Å². The topological polar surface area (TPSA) is 41.6 Å². The van der Waals surface area contributed by atoms with Crippen molar-refractivity contribution >= 4 is 23.4 Å². The van der Waals surface area contributed by atoms with Gasteiger partial charge in [-0.3, -0.25) is 0 Å². The predicted octanol–water partition coefficient (Wildman–Crippen LogP) is 6.12. The van der Waals surface area contributed by atoms with E-state index in [4.69, 9.17) is 16.9 Å². The highest BCUT2D eigenvalue weighted by atomic mass is 35.5. The molecule has 1 aromatic heterocycles. The van der Waals surface area contributed by atoms with E-state index in [9.17, 15) is 0 Å². The third-order valence-corrected chi connectivity index (χ3v) is 4.47. The second-order valence-electron chi connectivity index (χ2n) is 4.74. The van der Waals surface area contributed by atoms with Crippen molar-refractivity contribution in [3.8, 4) is 6.07 Å². The highest BCUT2D eigenvalue weighted by Crippen LogP contribution is 2.28. The lowest BCUT2D eigenvalue weighted by molar-refractivity contribution is 0.785. The van der Waals surface area contributed by atoms with Gasteiger partial charge in [-0.05, 0) is 43.3 Å². The Morgan fingerprint density at radius 2 is 1.64 bits per heavy atom. The van der Waals surface area contributed by atoms with Crippen molar-refractivity contribution in [2.45, 2.75) is 30.7 Å². The Morgan fingerprint density at radius 3 is 2.08 bits per heavy atom. The molecule has 0 aliphatic heterocycles. The molecule has 2 aromatic carbocycles. The third-order valence-electron chi connectivity index (χ3n) is 3.12. The van der Waals surface area contributed by atoms with Crippen molar-refractivity contribution in [3.63, 3.8) is 0 Å². The van der Waals surface area contributed by atoms with Gasteiger partial charge in [-0.1, -0.05) is 55.4 Å². The van der Waals surface area contributed by atoms with E-state index in [2.05, 4.69) is 9.55 Å². The first-order valence-corrected chi connectivity index (χ1v) is 9.16. The van der Waals surface area contributed by atoms with E-state index in [1.807, 2.05) is 82.5 Å². The van der Waals surface area contributed by atoms with Crippen LogP contribution in [0.2, 0.25) is 5.02 Å². The molecular weight excluding hydrogens is 350 g/mol. The van der Waals surface area contributed by atoms with Crippen LogP contribution in [-0.2, 0) is 7.05 Å². The molecule has 0 aliphatic rings. The number of halogens is 1. The Balaban J connectivity index is 0.000000264. The molecule has 3 nitrogen and oxygen atoms in total. The van der Waals surface area contributed by atoms with Crippen LogP contribution in [0.3, 0.4) is 0 Å². The number of hydrogen-bond donors (Lipinski definition) is 0. The zero-order valence-electron chi connectivity index (χ0n) is 14.9. The number of hydrogen-bond acceptors (Lipinski definition) is 3. The average molecular weight is 372 g/mol.